The Morgan fingerprint density at radius 2 is 1.59 bits per heavy atom. The highest BCUT2D eigenvalue weighted by atomic mass is 19.4. The summed E-state index contributed by atoms with van der Waals surface area (Å²) in [6.07, 6.45) is -3.69. The number of ether oxygens (including phenoxy) is 2. The number of carbonyl (C=O) groups excluding carboxylic acids is 2. The number of alkyl halides is 3. The van der Waals surface area contributed by atoms with E-state index in [2.05, 4.69) is 17.1 Å². The maximum Gasteiger partial charge on any atom is 0.471 e. The van der Waals surface area contributed by atoms with Crippen molar-refractivity contribution in [2.24, 2.45) is 5.92 Å². The third-order valence-electron chi connectivity index (χ3n) is 9.03. The second-order valence-electron chi connectivity index (χ2n) is 11.9. The van der Waals surface area contributed by atoms with Gasteiger partial charge in [-0.1, -0.05) is 55.5 Å². The highest BCUT2D eigenvalue weighted by Crippen LogP contribution is 2.42. The summed E-state index contributed by atoms with van der Waals surface area (Å²) in [5.74, 6) is -2.60. The van der Waals surface area contributed by atoms with E-state index in [-0.39, 0.29) is 56.9 Å². The van der Waals surface area contributed by atoms with E-state index < -0.39 is 30.3 Å². The van der Waals surface area contributed by atoms with Crippen molar-refractivity contribution in [1.29, 1.82) is 0 Å². The summed E-state index contributed by atoms with van der Waals surface area (Å²) in [7, 11) is 0. The number of aliphatic hydroxyl groups excluding tert-OH is 2. The number of nitrogens with zero attached hydrogens (tertiary/aromatic N) is 2. The molecule has 0 aliphatic carbocycles. The summed E-state index contributed by atoms with van der Waals surface area (Å²) >= 11 is 0. The van der Waals surface area contributed by atoms with Gasteiger partial charge in [-0.05, 0) is 48.9 Å². The molecule has 2 aromatic carbocycles. The number of likely N-dealkylation sites (tertiary alicyclic amines) is 2. The van der Waals surface area contributed by atoms with Crippen LogP contribution in [0.4, 0.5) is 13.2 Å². The zero-order chi connectivity index (χ0) is 31.4. The van der Waals surface area contributed by atoms with Crippen LogP contribution >= 0.6 is 0 Å². The summed E-state index contributed by atoms with van der Waals surface area (Å²) in [6, 6.07) is 13.9. The third kappa shape index (κ3) is 7.26. The Morgan fingerprint density at radius 1 is 0.932 bits per heavy atom. The van der Waals surface area contributed by atoms with Gasteiger partial charge in [0, 0.05) is 37.2 Å². The smallest absolute Gasteiger partial charge is 0.395 e. The van der Waals surface area contributed by atoms with Crippen LogP contribution in [0.25, 0.3) is 0 Å². The van der Waals surface area contributed by atoms with Gasteiger partial charge in [-0.2, -0.15) is 13.2 Å². The fourth-order valence-corrected chi connectivity index (χ4v) is 6.45. The van der Waals surface area contributed by atoms with E-state index in [1.54, 1.807) is 12.1 Å². The molecule has 0 bridgehead atoms. The molecular formula is C32H40F3N3O6. The van der Waals surface area contributed by atoms with E-state index >= 15 is 0 Å². The first-order valence-electron chi connectivity index (χ1n) is 15.2. The first kappa shape index (κ1) is 32.4. The van der Waals surface area contributed by atoms with Crippen LogP contribution in [0.1, 0.15) is 67.3 Å². The van der Waals surface area contributed by atoms with Gasteiger partial charge >= 0.3 is 12.1 Å². The lowest BCUT2D eigenvalue weighted by molar-refractivity contribution is -0.276. The van der Waals surface area contributed by atoms with Crippen LogP contribution in [0.15, 0.2) is 48.5 Å². The van der Waals surface area contributed by atoms with Gasteiger partial charge in [0.05, 0.1) is 25.4 Å². The summed E-state index contributed by atoms with van der Waals surface area (Å²) < 4.78 is 51.9. The maximum atomic E-state index is 12.9. The van der Waals surface area contributed by atoms with E-state index in [0.717, 1.165) is 41.6 Å². The lowest BCUT2D eigenvalue weighted by Crippen LogP contribution is -2.50. The molecule has 0 aromatic heterocycles. The van der Waals surface area contributed by atoms with E-state index in [1.807, 2.05) is 36.4 Å². The molecule has 44 heavy (non-hydrogen) atoms. The van der Waals surface area contributed by atoms with Crippen molar-refractivity contribution in [3.8, 4) is 0 Å². The van der Waals surface area contributed by atoms with Crippen molar-refractivity contribution in [2.75, 3.05) is 26.2 Å². The van der Waals surface area contributed by atoms with Crippen molar-refractivity contribution in [1.82, 2.24) is 15.1 Å². The molecule has 6 atom stereocenters. The van der Waals surface area contributed by atoms with Crippen molar-refractivity contribution in [3.05, 3.63) is 70.8 Å². The average molecular weight is 620 g/mol. The van der Waals surface area contributed by atoms with Gasteiger partial charge in [0.2, 0.25) is 5.91 Å². The van der Waals surface area contributed by atoms with Crippen LogP contribution in [0, 0.1) is 5.92 Å². The number of rotatable bonds is 9. The Labute approximate surface area is 254 Å². The summed E-state index contributed by atoms with van der Waals surface area (Å²) in [5.41, 5.74) is 3.28. The Hall–Kier alpha value is -3.03. The minimum absolute atomic E-state index is 0.0000327. The van der Waals surface area contributed by atoms with E-state index in [1.165, 1.54) is 0 Å². The van der Waals surface area contributed by atoms with Crippen molar-refractivity contribution < 1.29 is 42.4 Å². The second kappa shape index (κ2) is 13.9. The number of carbonyl (C=O) groups is 2. The summed E-state index contributed by atoms with van der Waals surface area (Å²) in [4.78, 5) is 27.3. The largest absolute Gasteiger partial charge is 0.471 e. The summed E-state index contributed by atoms with van der Waals surface area (Å²) in [6.45, 7) is 3.67. The van der Waals surface area contributed by atoms with E-state index in [4.69, 9.17) is 9.47 Å². The van der Waals surface area contributed by atoms with Gasteiger partial charge < -0.3 is 29.9 Å². The predicted molar refractivity (Wildman–Crippen MR) is 154 cm³/mol. The summed E-state index contributed by atoms with van der Waals surface area (Å²) in [5, 5.41) is 22.0. The Bertz CT molecular complexity index is 1280. The average Bonchev–Trinajstić information content (AvgIpc) is 3.70. The van der Waals surface area contributed by atoms with Gasteiger partial charge in [0.25, 0.3) is 0 Å². The van der Waals surface area contributed by atoms with Gasteiger partial charge in [-0.3, -0.25) is 14.5 Å². The number of aliphatic hydroxyl groups is 2. The van der Waals surface area contributed by atoms with Crippen molar-refractivity contribution in [3.63, 3.8) is 0 Å². The molecule has 0 radical (unpaired) electrons. The van der Waals surface area contributed by atoms with Crippen LogP contribution < -0.4 is 5.32 Å². The number of amides is 2. The molecule has 9 nitrogen and oxygen atoms in total. The van der Waals surface area contributed by atoms with E-state index in [0.29, 0.717) is 17.9 Å². The third-order valence-corrected chi connectivity index (χ3v) is 9.03. The van der Waals surface area contributed by atoms with Crippen LogP contribution in [0.5, 0.6) is 0 Å². The van der Waals surface area contributed by atoms with E-state index in [9.17, 15) is 33.0 Å². The number of nitrogens with one attached hydrogen (secondary N) is 1. The Kier molecular flexibility index (Phi) is 10.3. The predicted octanol–water partition coefficient (Wildman–Crippen LogP) is 3.60. The molecule has 3 aliphatic rings. The monoisotopic (exact) mass is 619 g/mol. The fourth-order valence-electron chi connectivity index (χ4n) is 6.45. The Morgan fingerprint density at radius 3 is 2.25 bits per heavy atom. The molecule has 3 fully saturated rings. The molecule has 3 heterocycles. The first-order valence-corrected chi connectivity index (χ1v) is 15.2. The lowest BCUT2D eigenvalue weighted by Gasteiger charge is -2.43. The molecule has 240 valence electrons. The Balaban J connectivity index is 1.27. The highest BCUT2D eigenvalue weighted by Gasteiger charge is 2.47. The molecule has 12 heteroatoms. The number of hydrogen-bond donors (Lipinski definition) is 3. The van der Waals surface area contributed by atoms with Crippen LogP contribution in [0.3, 0.4) is 0 Å². The molecule has 0 saturated carbocycles. The first-order chi connectivity index (χ1) is 21.1. The zero-order valence-corrected chi connectivity index (χ0v) is 24.7. The van der Waals surface area contributed by atoms with Crippen LogP contribution in [0.2, 0.25) is 0 Å². The number of benzene rings is 2. The molecule has 3 N–H and O–H groups in total. The highest BCUT2D eigenvalue weighted by molar-refractivity contribution is 5.90. The standard InChI is InChI=1S/C32H40F3N3O6/c1-20-27(17-37-14-2-4-25(37)19-40)43-30(44-28(20)23-10-8-22(18-39)9-11-23)24-12-6-21(7-13-24)16-36-29(41)26-5-3-15-38(26)31(42)32(33,34)35/h6-13,20,25-28,30,39-40H,2-5,14-19H2,1H3,(H,36,41)/t20-,25-,26-,27+,28+,30+/m0/s1. The topological polar surface area (TPSA) is 112 Å². The van der Waals surface area contributed by atoms with Crippen molar-refractivity contribution >= 4 is 11.8 Å². The zero-order valence-electron chi connectivity index (χ0n) is 24.7. The maximum absolute atomic E-state index is 12.9. The van der Waals surface area contributed by atoms with Crippen molar-refractivity contribution in [2.45, 2.75) is 82.5 Å². The minimum atomic E-state index is -5.02. The van der Waals surface area contributed by atoms with Gasteiger partial charge in [0.1, 0.15) is 6.04 Å². The number of hydrogen-bond acceptors (Lipinski definition) is 7. The van der Waals surface area contributed by atoms with Crippen LogP contribution in [-0.2, 0) is 32.2 Å². The molecule has 0 spiro atoms. The fraction of sp³-hybridized carbons (Fsp3) is 0.562. The molecular weight excluding hydrogens is 579 g/mol. The molecule has 2 amide bonds. The minimum Gasteiger partial charge on any atom is -0.395 e. The SMILES string of the molecule is C[C@H]1[C@@H](CN2CCC[C@H]2CO)O[C@@H](c2ccc(CNC(=O)[C@@H]3CCCN3C(=O)C(F)(F)F)cc2)O[C@H]1c1ccc(CO)cc1. The quantitative estimate of drug-likeness (QED) is 0.394. The van der Waals surface area contributed by atoms with Crippen LogP contribution in [-0.4, -0.2) is 82.4 Å². The second-order valence-corrected chi connectivity index (χ2v) is 11.9. The van der Waals surface area contributed by atoms with Gasteiger partial charge in [-0.15, -0.1) is 0 Å². The molecule has 5 rings (SSSR count). The number of halogens is 3. The lowest BCUT2D eigenvalue weighted by atomic mass is 9.90. The van der Waals surface area contributed by atoms with Gasteiger partial charge in [-0.25, -0.2) is 0 Å². The molecule has 3 saturated heterocycles. The molecule has 2 aromatic rings. The van der Waals surface area contributed by atoms with Gasteiger partial charge in [0.15, 0.2) is 6.29 Å². The normalized spacial score (nSPS) is 27.9. The molecule has 0 unspecified atom stereocenters. The molecule has 3 aliphatic heterocycles.